The van der Waals surface area contributed by atoms with Crippen LogP contribution in [0, 0.1) is 5.92 Å². The van der Waals surface area contributed by atoms with Gasteiger partial charge in [-0.05, 0) is 32.1 Å². The lowest BCUT2D eigenvalue weighted by atomic mass is 10.1. The quantitative estimate of drug-likeness (QED) is 0.100. The molecule has 0 spiro atoms. The normalized spacial score (nSPS) is 12.4. The van der Waals surface area contributed by atoms with Gasteiger partial charge in [-0.2, -0.15) is 12.6 Å². The van der Waals surface area contributed by atoms with Crippen LogP contribution in [0.1, 0.15) is 104 Å². The van der Waals surface area contributed by atoms with Gasteiger partial charge in [0.05, 0.1) is 5.92 Å². The minimum absolute atomic E-state index is 0.323. The van der Waals surface area contributed by atoms with E-state index in [2.05, 4.69) is 31.7 Å². The van der Waals surface area contributed by atoms with E-state index < -0.39 is 11.9 Å². The number of thiol groups is 1. The van der Waals surface area contributed by atoms with Crippen molar-refractivity contribution in [2.75, 3.05) is 5.75 Å². The summed E-state index contributed by atoms with van der Waals surface area (Å²) >= 11 is 4.03. The number of carbonyl (C=O) groups excluding carboxylic acids is 2. The van der Waals surface area contributed by atoms with E-state index in [1.165, 1.54) is 57.8 Å². The van der Waals surface area contributed by atoms with Crippen LogP contribution in [0.15, 0.2) is 12.2 Å². The van der Waals surface area contributed by atoms with E-state index in [4.69, 9.17) is 4.74 Å². The molecule has 1 atom stereocenters. The third-order valence-electron chi connectivity index (χ3n) is 4.53. The molecule has 1 unspecified atom stereocenters. The number of allylic oxidation sites excluding steroid dienone is 2. The smallest absolute Gasteiger partial charge is 0.317 e. The molecule has 0 rings (SSSR count). The third-order valence-corrected chi connectivity index (χ3v) is 5.08. The maximum Gasteiger partial charge on any atom is 0.317 e. The van der Waals surface area contributed by atoms with Crippen molar-refractivity contribution in [1.29, 1.82) is 0 Å². The van der Waals surface area contributed by atoms with Gasteiger partial charge in [0, 0.05) is 12.2 Å². The molecule has 0 aliphatic rings. The Morgan fingerprint density at radius 1 is 0.846 bits per heavy atom. The van der Waals surface area contributed by atoms with E-state index in [1.807, 2.05) is 0 Å². The summed E-state index contributed by atoms with van der Waals surface area (Å²) in [6.07, 6.45) is 20.9. The van der Waals surface area contributed by atoms with Gasteiger partial charge < -0.3 is 4.74 Å². The molecule has 26 heavy (non-hydrogen) atoms. The van der Waals surface area contributed by atoms with Crippen LogP contribution in [0.25, 0.3) is 0 Å². The summed E-state index contributed by atoms with van der Waals surface area (Å²) in [5.74, 6) is -0.783. The summed E-state index contributed by atoms with van der Waals surface area (Å²) in [5.41, 5.74) is 0. The lowest BCUT2D eigenvalue weighted by molar-refractivity contribution is -0.161. The first kappa shape index (κ1) is 25.2. The van der Waals surface area contributed by atoms with E-state index in [-0.39, 0.29) is 5.92 Å². The fraction of sp³-hybridized carbons (Fsp3) is 0.818. The Morgan fingerprint density at radius 2 is 1.35 bits per heavy atom. The summed E-state index contributed by atoms with van der Waals surface area (Å²) < 4.78 is 4.79. The Balaban J connectivity index is 3.34. The average Bonchev–Trinajstić information content (AvgIpc) is 2.64. The maximum absolute atomic E-state index is 11.5. The minimum atomic E-state index is -0.460. The second-order valence-electron chi connectivity index (χ2n) is 7.21. The zero-order valence-electron chi connectivity index (χ0n) is 17.0. The molecular weight excluding hydrogens is 344 g/mol. The molecule has 3 nitrogen and oxygen atoms in total. The number of hydrogen-bond acceptors (Lipinski definition) is 4. The van der Waals surface area contributed by atoms with E-state index in [0.29, 0.717) is 12.2 Å². The highest BCUT2D eigenvalue weighted by Gasteiger charge is 2.16. The Hall–Kier alpha value is -0.770. The first-order valence-electron chi connectivity index (χ1n) is 10.6. The number of ether oxygens (including phenoxy) is 1. The molecule has 0 aliphatic heterocycles. The van der Waals surface area contributed by atoms with Crippen LogP contribution in [0.2, 0.25) is 0 Å². The SMILES string of the molecule is CCCCCCCCC=CCCCCCCCC(=O)OC(=O)C(C)CS. The molecule has 0 amide bonds. The van der Waals surface area contributed by atoms with Gasteiger partial charge in [0.1, 0.15) is 0 Å². The van der Waals surface area contributed by atoms with Crippen LogP contribution in [0.3, 0.4) is 0 Å². The number of carbonyl (C=O) groups is 2. The van der Waals surface area contributed by atoms with Crippen molar-refractivity contribution >= 4 is 24.6 Å². The highest BCUT2D eigenvalue weighted by Crippen LogP contribution is 2.10. The summed E-state index contributed by atoms with van der Waals surface area (Å²) in [6.45, 7) is 3.97. The highest BCUT2D eigenvalue weighted by atomic mass is 32.1. The van der Waals surface area contributed by atoms with Gasteiger partial charge in [-0.3, -0.25) is 9.59 Å². The fourth-order valence-corrected chi connectivity index (χ4v) is 2.83. The predicted octanol–water partition coefficient (Wildman–Crippen LogP) is 6.66. The largest absolute Gasteiger partial charge is 0.393 e. The van der Waals surface area contributed by atoms with Crippen molar-refractivity contribution in [3.63, 3.8) is 0 Å². The van der Waals surface area contributed by atoms with E-state index in [0.717, 1.165) is 25.7 Å². The van der Waals surface area contributed by atoms with Crippen molar-refractivity contribution < 1.29 is 14.3 Å². The molecule has 0 aromatic carbocycles. The van der Waals surface area contributed by atoms with Gasteiger partial charge in [0.2, 0.25) is 0 Å². The number of hydrogen-bond donors (Lipinski definition) is 1. The molecule has 0 fully saturated rings. The molecule has 0 saturated heterocycles. The molecule has 0 radical (unpaired) electrons. The fourth-order valence-electron chi connectivity index (χ4n) is 2.68. The molecule has 0 aromatic rings. The van der Waals surface area contributed by atoms with Gasteiger partial charge in [-0.1, -0.05) is 77.4 Å². The van der Waals surface area contributed by atoms with Crippen LogP contribution in [0.5, 0.6) is 0 Å². The lowest BCUT2D eigenvalue weighted by Gasteiger charge is -2.07. The highest BCUT2D eigenvalue weighted by molar-refractivity contribution is 7.80. The van der Waals surface area contributed by atoms with Crippen molar-refractivity contribution in [2.45, 2.75) is 104 Å². The topological polar surface area (TPSA) is 43.4 Å². The van der Waals surface area contributed by atoms with Gasteiger partial charge in [0.25, 0.3) is 0 Å². The standard InChI is InChI=1S/C22H40O3S/c1-3-4-5-6-7-8-9-10-11-12-13-14-15-16-17-18-21(23)25-22(24)20(2)19-26/h10-11,20,26H,3-9,12-19H2,1-2H3. The van der Waals surface area contributed by atoms with Crippen molar-refractivity contribution in [1.82, 2.24) is 0 Å². The molecule has 0 bridgehead atoms. The first-order valence-corrected chi connectivity index (χ1v) is 11.2. The molecule has 0 aromatic heterocycles. The van der Waals surface area contributed by atoms with Gasteiger partial charge in [-0.15, -0.1) is 0 Å². The van der Waals surface area contributed by atoms with E-state index >= 15 is 0 Å². The van der Waals surface area contributed by atoms with Crippen LogP contribution in [-0.2, 0) is 14.3 Å². The van der Waals surface area contributed by atoms with E-state index in [9.17, 15) is 9.59 Å². The molecule has 152 valence electrons. The monoisotopic (exact) mass is 384 g/mol. The predicted molar refractivity (Wildman–Crippen MR) is 114 cm³/mol. The minimum Gasteiger partial charge on any atom is -0.393 e. The first-order chi connectivity index (χ1) is 12.6. The molecule has 0 heterocycles. The van der Waals surface area contributed by atoms with Gasteiger partial charge in [-0.25, -0.2) is 0 Å². The zero-order chi connectivity index (χ0) is 19.5. The Bertz CT molecular complexity index is 380. The van der Waals surface area contributed by atoms with Gasteiger partial charge in [0.15, 0.2) is 0 Å². The van der Waals surface area contributed by atoms with E-state index in [1.54, 1.807) is 6.92 Å². The third kappa shape index (κ3) is 16.7. The Kier molecular flexibility index (Phi) is 18.4. The number of rotatable bonds is 17. The van der Waals surface area contributed by atoms with Crippen molar-refractivity contribution in [2.24, 2.45) is 5.92 Å². The Morgan fingerprint density at radius 3 is 1.88 bits per heavy atom. The molecular formula is C22H40O3S. The number of esters is 2. The van der Waals surface area contributed by atoms with Crippen LogP contribution in [-0.4, -0.2) is 17.7 Å². The zero-order valence-corrected chi connectivity index (χ0v) is 17.9. The summed E-state index contributed by atoms with van der Waals surface area (Å²) in [6, 6.07) is 0. The van der Waals surface area contributed by atoms with Crippen molar-refractivity contribution in [3.05, 3.63) is 12.2 Å². The summed E-state index contributed by atoms with van der Waals surface area (Å²) in [4.78, 5) is 23.0. The molecule has 4 heteroatoms. The molecule has 0 N–H and O–H groups in total. The maximum atomic E-state index is 11.5. The summed E-state index contributed by atoms with van der Waals surface area (Å²) in [5, 5.41) is 0. The average molecular weight is 385 g/mol. The second-order valence-corrected chi connectivity index (χ2v) is 7.58. The second kappa shape index (κ2) is 19.0. The van der Waals surface area contributed by atoms with Crippen LogP contribution in [0.4, 0.5) is 0 Å². The van der Waals surface area contributed by atoms with Crippen molar-refractivity contribution in [3.8, 4) is 0 Å². The lowest BCUT2D eigenvalue weighted by Crippen LogP contribution is -2.20. The summed E-state index contributed by atoms with van der Waals surface area (Å²) in [7, 11) is 0. The molecule has 0 saturated carbocycles. The molecule has 0 aliphatic carbocycles. The Labute approximate surface area is 166 Å². The van der Waals surface area contributed by atoms with Gasteiger partial charge >= 0.3 is 11.9 Å². The number of unbranched alkanes of at least 4 members (excludes halogenated alkanes) is 11. The van der Waals surface area contributed by atoms with Crippen LogP contribution >= 0.6 is 12.6 Å². The van der Waals surface area contributed by atoms with Crippen LogP contribution < -0.4 is 0 Å².